The minimum absolute atomic E-state index is 0.0736. The molecule has 26 heavy (non-hydrogen) atoms. The number of phenols is 1. The molecule has 6 nitrogen and oxygen atoms in total. The van der Waals surface area contributed by atoms with Gasteiger partial charge in [-0.3, -0.25) is 9.48 Å². The molecule has 2 N–H and O–H groups in total. The number of hydrogen-bond donors (Lipinski definition) is 2. The Morgan fingerprint density at radius 3 is 2.81 bits per heavy atom. The Hall–Kier alpha value is -2.45. The molecule has 132 valence electrons. The molecule has 0 aliphatic heterocycles. The summed E-state index contributed by atoms with van der Waals surface area (Å²) >= 11 is 6.74. The summed E-state index contributed by atoms with van der Waals surface area (Å²) in [6, 6.07) is 14.4. The maximum atomic E-state index is 12.1. The number of aromatic nitrogens is 2. The average Bonchev–Trinajstić information content (AvgIpc) is 3.06. The summed E-state index contributed by atoms with van der Waals surface area (Å²) in [5.41, 5.74) is 4.21. The van der Waals surface area contributed by atoms with E-state index in [4.69, 9.17) is 0 Å². The van der Waals surface area contributed by atoms with Crippen molar-refractivity contribution >= 4 is 44.0 Å². The molecule has 3 rings (SSSR count). The van der Waals surface area contributed by atoms with Gasteiger partial charge in [0.25, 0.3) is 5.91 Å². The molecule has 0 bridgehead atoms. The van der Waals surface area contributed by atoms with Crippen LogP contribution in [-0.4, -0.2) is 27.0 Å². The van der Waals surface area contributed by atoms with E-state index >= 15 is 0 Å². The minimum atomic E-state index is -0.427. The van der Waals surface area contributed by atoms with Gasteiger partial charge in [0, 0.05) is 20.7 Å². The first-order chi connectivity index (χ1) is 12.5. The molecule has 8 heteroatoms. The lowest BCUT2D eigenvalue weighted by Crippen LogP contribution is -2.18. The molecule has 1 amide bonds. The summed E-state index contributed by atoms with van der Waals surface area (Å²) in [5, 5.41) is 17.9. The lowest BCUT2D eigenvalue weighted by molar-refractivity contribution is 0.0949. The molecule has 1 aromatic heterocycles. The molecule has 0 atom stereocenters. The number of halogens is 2. The van der Waals surface area contributed by atoms with Crippen molar-refractivity contribution in [2.24, 2.45) is 5.10 Å². The van der Waals surface area contributed by atoms with E-state index in [0.29, 0.717) is 12.1 Å². The molecule has 0 saturated carbocycles. The van der Waals surface area contributed by atoms with Crippen LogP contribution in [-0.2, 0) is 6.54 Å². The number of rotatable bonds is 5. The van der Waals surface area contributed by atoms with E-state index in [0.717, 1.165) is 14.5 Å². The molecule has 0 unspecified atom stereocenters. The van der Waals surface area contributed by atoms with Gasteiger partial charge in [-0.1, -0.05) is 44.0 Å². The fraction of sp³-hybridized carbons (Fsp3) is 0.0556. The van der Waals surface area contributed by atoms with Crippen molar-refractivity contribution in [2.45, 2.75) is 6.54 Å². The summed E-state index contributed by atoms with van der Waals surface area (Å²) in [6.45, 7) is 0.557. The van der Waals surface area contributed by atoms with Crippen LogP contribution in [0.4, 0.5) is 0 Å². The topological polar surface area (TPSA) is 79.5 Å². The lowest BCUT2D eigenvalue weighted by Gasteiger charge is -2.02. The third-order valence-electron chi connectivity index (χ3n) is 3.47. The number of nitrogens with zero attached hydrogens (tertiary/aromatic N) is 3. The van der Waals surface area contributed by atoms with Gasteiger partial charge in [0.15, 0.2) is 5.69 Å². The summed E-state index contributed by atoms with van der Waals surface area (Å²) in [6.07, 6.45) is 3.11. The van der Waals surface area contributed by atoms with E-state index in [1.54, 1.807) is 29.1 Å². The second-order valence-corrected chi connectivity index (χ2v) is 7.26. The fourth-order valence-corrected chi connectivity index (χ4v) is 3.07. The van der Waals surface area contributed by atoms with Crippen LogP contribution in [0.5, 0.6) is 5.75 Å². The van der Waals surface area contributed by atoms with Crippen LogP contribution in [0.3, 0.4) is 0 Å². The molecular formula is C18H14Br2N4O2. The van der Waals surface area contributed by atoms with Crippen molar-refractivity contribution in [3.8, 4) is 5.75 Å². The molecule has 2 aromatic carbocycles. The van der Waals surface area contributed by atoms with Crippen molar-refractivity contribution in [1.82, 2.24) is 15.2 Å². The van der Waals surface area contributed by atoms with Gasteiger partial charge in [-0.05, 0) is 42.0 Å². The van der Waals surface area contributed by atoms with Crippen molar-refractivity contribution in [3.63, 3.8) is 0 Å². The van der Waals surface area contributed by atoms with Gasteiger partial charge in [0.1, 0.15) is 5.75 Å². The largest absolute Gasteiger partial charge is 0.507 e. The van der Waals surface area contributed by atoms with Crippen LogP contribution in [0.15, 0.2) is 68.8 Å². The number of carbonyl (C=O) groups excluding carboxylic acids is 1. The number of carbonyl (C=O) groups is 1. The predicted molar refractivity (Wildman–Crippen MR) is 106 cm³/mol. The molecular weight excluding hydrogens is 464 g/mol. The van der Waals surface area contributed by atoms with E-state index in [9.17, 15) is 9.90 Å². The Morgan fingerprint density at radius 2 is 2.00 bits per heavy atom. The highest BCUT2D eigenvalue weighted by atomic mass is 79.9. The fourth-order valence-electron chi connectivity index (χ4n) is 2.24. The van der Waals surface area contributed by atoms with Crippen molar-refractivity contribution < 1.29 is 9.90 Å². The number of nitrogens with one attached hydrogen (secondary N) is 1. The first-order valence-corrected chi connectivity index (χ1v) is 9.20. The summed E-state index contributed by atoms with van der Waals surface area (Å²) in [4.78, 5) is 12.1. The van der Waals surface area contributed by atoms with Gasteiger partial charge in [-0.15, -0.1) is 0 Å². The smallest absolute Gasteiger partial charge is 0.291 e. The summed E-state index contributed by atoms with van der Waals surface area (Å²) < 4.78 is 3.47. The Morgan fingerprint density at radius 1 is 1.19 bits per heavy atom. The van der Waals surface area contributed by atoms with Gasteiger partial charge in [-0.2, -0.15) is 10.2 Å². The molecule has 0 fully saturated rings. The van der Waals surface area contributed by atoms with Crippen LogP contribution in [0, 0.1) is 0 Å². The molecule has 0 spiro atoms. The monoisotopic (exact) mass is 476 g/mol. The van der Waals surface area contributed by atoms with Crippen LogP contribution in [0.25, 0.3) is 0 Å². The van der Waals surface area contributed by atoms with Gasteiger partial charge in [-0.25, -0.2) is 5.43 Å². The van der Waals surface area contributed by atoms with E-state index in [-0.39, 0.29) is 11.4 Å². The number of aromatic hydroxyl groups is 1. The van der Waals surface area contributed by atoms with Crippen molar-refractivity contribution in [1.29, 1.82) is 0 Å². The quantitative estimate of drug-likeness (QED) is 0.431. The maximum Gasteiger partial charge on any atom is 0.291 e. The zero-order chi connectivity index (χ0) is 18.5. The Labute approximate surface area is 166 Å². The highest BCUT2D eigenvalue weighted by molar-refractivity contribution is 9.10. The number of benzene rings is 2. The lowest BCUT2D eigenvalue weighted by atomic mass is 10.2. The highest BCUT2D eigenvalue weighted by Crippen LogP contribution is 2.20. The normalized spacial score (nSPS) is 11.0. The van der Waals surface area contributed by atoms with Gasteiger partial charge < -0.3 is 5.11 Å². The van der Waals surface area contributed by atoms with Gasteiger partial charge >= 0.3 is 0 Å². The Kier molecular flexibility index (Phi) is 5.85. The van der Waals surface area contributed by atoms with Crippen molar-refractivity contribution in [2.75, 3.05) is 0 Å². The number of amides is 1. The highest BCUT2D eigenvalue weighted by Gasteiger charge is 2.09. The molecule has 0 aliphatic carbocycles. The van der Waals surface area contributed by atoms with E-state index in [1.807, 2.05) is 24.3 Å². The number of hydrogen-bond acceptors (Lipinski definition) is 4. The predicted octanol–water partition coefficient (Wildman–Crippen LogP) is 3.93. The summed E-state index contributed by atoms with van der Waals surface area (Å²) in [5.74, 6) is -0.353. The van der Waals surface area contributed by atoms with E-state index < -0.39 is 5.91 Å². The molecule has 0 radical (unpaired) electrons. The Bertz CT molecular complexity index is 969. The first kappa shape index (κ1) is 18.3. The van der Waals surface area contributed by atoms with Crippen LogP contribution in [0.1, 0.15) is 21.6 Å². The maximum absolute atomic E-state index is 12.1. The van der Waals surface area contributed by atoms with E-state index in [1.165, 1.54) is 12.3 Å². The SMILES string of the molecule is O=C(NN=Cc1cc(Br)ccc1O)c1ccn(Cc2cccc(Br)c2)n1. The third kappa shape index (κ3) is 4.80. The molecule has 0 saturated heterocycles. The van der Waals surface area contributed by atoms with Crippen LogP contribution < -0.4 is 5.43 Å². The van der Waals surface area contributed by atoms with Crippen LogP contribution >= 0.6 is 31.9 Å². The Balaban J connectivity index is 1.63. The number of hydrazone groups is 1. The van der Waals surface area contributed by atoms with Gasteiger partial charge in [0.05, 0.1) is 12.8 Å². The molecule has 1 heterocycles. The van der Waals surface area contributed by atoms with Crippen molar-refractivity contribution in [3.05, 3.63) is 80.5 Å². The first-order valence-electron chi connectivity index (χ1n) is 7.61. The van der Waals surface area contributed by atoms with Gasteiger partial charge in [0.2, 0.25) is 0 Å². The van der Waals surface area contributed by atoms with E-state index in [2.05, 4.69) is 47.5 Å². The summed E-state index contributed by atoms with van der Waals surface area (Å²) in [7, 11) is 0. The second kappa shape index (κ2) is 8.29. The standard InChI is InChI=1S/C18H14Br2N4O2/c19-14-3-1-2-12(8-14)11-24-7-6-16(23-24)18(26)22-21-10-13-9-15(20)4-5-17(13)25/h1-10,25H,11H2,(H,22,26). The zero-order valence-electron chi connectivity index (χ0n) is 13.4. The zero-order valence-corrected chi connectivity index (χ0v) is 16.6. The third-order valence-corrected chi connectivity index (χ3v) is 4.45. The minimum Gasteiger partial charge on any atom is -0.507 e. The van der Waals surface area contributed by atoms with Crippen LogP contribution in [0.2, 0.25) is 0 Å². The molecule has 3 aromatic rings. The molecule has 0 aliphatic rings. The second-order valence-electron chi connectivity index (χ2n) is 5.43. The number of phenolic OH excluding ortho intramolecular Hbond substituents is 1. The average molecular weight is 478 g/mol.